The molecule has 2 N–H and O–H groups in total. The monoisotopic (exact) mass is 208 g/mol. The van der Waals surface area contributed by atoms with Crippen molar-refractivity contribution in [3.63, 3.8) is 0 Å². The Bertz CT molecular complexity index is 337. The Hall–Kier alpha value is -1.71. The van der Waals surface area contributed by atoms with Gasteiger partial charge < -0.3 is 15.3 Å². The molecular formula is C11H16N2O2. The summed E-state index contributed by atoms with van der Waals surface area (Å²) in [7, 11) is 0. The van der Waals surface area contributed by atoms with Crippen molar-refractivity contribution in [1.82, 2.24) is 0 Å². The van der Waals surface area contributed by atoms with Crippen LogP contribution < -0.4 is 10.5 Å². The molecule has 1 aromatic carbocycles. The highest BCUT2D eigenvalue weighted by atomic mass is 16.6. The summed E-state index contributed by atoms with van der Waals surface area (Å²) in [5.74, 6) is 1.14. The Morgan fingerprint density at radius 2 is 2.13 bits per heavy atom. The number of nitrogens with two attached hydrogens (primary N) is 1. The van der Waals surface area contributed by atoms with E-state index in [0.29, 0.717) is 19.0 Å². The lowest BCUT2D eigenvalue weighted by Crippen LogP contribution is -2.14. The van der Waals surface area contributed by atoms with Gasteiger partial charge in [-0.1, -0.05) is 17.3 Å². The van der Waals surface area contributed by atoms with Crippen LogP contribution in [0.2, 0.25) is 0 Å². The second-order valence-corrected chi connectivity index (χ2v) is 2.86. The van der Waals surface area contributed by atoms with Gasteiger partial charge in [-0.05, 0) is 26.0 Å². The average molecular weight is 208 g/mol. The Morgan fingerprint density at radius 1 is 1.33 bits per heavy atom. The van der Waals surface area contributed by atoms with E-state index >= 15 is 0 Å². The van der Waals surface area contributed by atoms with Crippen LogP contribution in [0, 0.1) is 0 Å². The Balaban J connectivity index is 2.80. The molecule has 0 fully saturated rings. The first kappa shape index (κ1) is 11.4. The molecule has 15 heavy (non-hydrogen) atoms. The van der Waals surface area contributed by atoms with Crippen molar-refractivity contribution >= 4 is 5.84 Å². The van der Waals surface area contributed by atoms with Crippen molar-refractivity contribution in [1.29, 1.82) is 0 Å². The van der Waals surface area contributed by atoms with Gasteiger partial charge in [0.25, 0.3) is 0 Å². The van der Waals surface area contributed by atoms with Gasteiger partial charge in [0.05, 0.1) is 6.61 Å². The van der Waals surface area contributed by atoms with E-state index < -0.39 is 0 Å². The van der Waals surface area contributed by atoms with Gasteiger partial charge in [-0.15, -0.1) is 0 Å². The van der Waals surface area contributed by atoms with Crippen molar-refractivity contribution in [2.75, 3.05) is 13.2 Å². The first-order valence-corrected chi connectivity index (χ1v) is 4.96. The van der Waals surface area contributed by atoms with Gasteiger partial charge in [0, 0.05) is 5.56 Å². The molecule has 0 heterocycles. The number of oxime groups is 1. The van der Waals surface area contributed by atoms with Gasteiger partial charge in [0.15, 0.2) is 5.84 Å². The van der Waals surface area contributed by atoms with E-state index in [-0.39, 0.29) is 0 Å². The maximum absolute atomic E-state index is 5.72. The quantitative estimate of drug-likeness (QED) is 0.455. The molecule has 0 bridgehead atoms. The van der Waals surface area contributed by atoms with Crippen LogP contribution in [-0.2, 0) is 4.84 Å². The highest BCUT2D eigenvalue weighted by Gasteiger charge is 2.00. The molecule has 4 nitrogen and oxygen atoms in total. The highest BCUT2D eigenvalue weighted by Crippen LogP contribution is 2.12. The lowest BCUT2D eigenvalue weighted by Gasteiger charge is -2.05. The summed E-state index contributed by atoms with van der Waals surface area (Å²) in [5.41, 5.74) is 6.52. The number of hydrogen-bond donors (Lipinski definition) is 1. The summed E-state index contributed by atoms with van der Waals surface area (Å²) < 4.78 is 5.35. The number of hydrogen-bond acceptors (Lipinski definition) is 3. The summed E-state index contributed by atoms with van der Waals surface area (Å²) in [4.78, 5) is 4.87. The molecular weight excluding hydrogens is 192 g/mol. The maximum atomic E-state index is 5.72. The molecule has 0 saturated heterocycles. The molecule has 0 spiro atoms. The van der Waals surface area contributed by atoms with Crippen molar-refractivity contribution in [2.24, 2.45) is 10.9 Å². The molecule has 0 atom stereocenters. The molecule has 0 aliphatic heterocycles. The SMILES string of the molecule is CCO/N=C(\N)c1cccc(OCC)c1. The van der Waals surface area contributed by atoms with Crippen molar-refractivity contribution < 1.29 is 9.57 Å². The Labute approximate surface area is 89.7 Å². The summed E-state index contributed by atoms with van der Waals surface area (Å²) in [5, 5.41) is 3.75. The number of benzene rings is 1. The van der Waals surface area contributed by atoms with Crippen molar-refractivity contribution in [2.45, 2.75) is 13.8 Å². The Morgan fingerprint density at radius 3 is 2.80 bits per heavy atom. The molecule has 0 radical (unpaired) electrons. The van der Waals surface area contributed by atoms with Gasteiger partial charge >= 0.3 is 0 Å². The molecule has 1 rings (SSSR count). The molecule has 0 aliphatic carbocycles. The molecule has 82 valence electrons. The smallest absolute Gasteiger partial charge is 0.170 e. The van der Waals surface area contributed by atoms with E-state index in [1.807, 2.05) is 38.1 Å². The minimum Gasteiger partial charge on any atom is -0.494 e. The fourth-order valence-corrected chi connectivity index (χ4v) is 1.10. The lowest BCUT2D eigenvalue weighted by atomic mass is 10.2. The van der Waals surface area contributed by atoms with Gasteiger partial charge in [-0.3, -0.25) is 0 Å². The van der Waals surface area contributed by atoms with Crippen molar-refractivity contribution in [3.8, 4) is 5.75 Å². The van der Waals surface area contributed by atoms with Gasteiger partial charge in [-0.2, -0.15) is 0 Å². The fraction of sp³-hybridized carbons (Fsp3) is 0.364. The van der Waals surface area contributed by atoms with E-state index in [9.17, 15) is 0 Å². The fourth-order valence-electron chi connectivity index (χ4n) is 1.10. The first-order valence-electron chi connectivity index (χ1n) is 4.96. The number of ether oxygens (including phenoxy) is 1. The van der Waals surface area contributed by atoms with Crippen LogP contribution in [-0.4, -0.2) is 19.0 Å². The zero-order valence-corrected chi connectivity index (χ0v) is 9.06. The summed E-state index contributed by atoms with van der Waals surface area (Å²) in [6.07, 6.45) is 0. The van der Waals surface area contributed by atoms with E-state index in [2.05, 4.69) is 5.16 Å². The summed E-state index contributed by atoms with van der Waals surface area (Å²) in [6.45, 7) is 4.93. The predicted octanol–water partition coefficient (Wildman–Crippen LogP) is 1.74. The van der Waals surface area contributed by atoms with E-state index in [1.54, 1.807) is 0 Å². The third-order valence-corrected chi connectivity index (χ3v) is 1.73. The van der Waals surface area contributed by atoms with E-state index in [1.165, 1.54) is 0 Å². The summed E-state index contributed by atoms with van der Waals surface area (Å²) in [6, 6.07) is 7.44. The molecule has 0 unspecified atom stereocenters. The van der Waals surface area contributed by atoms with E-state index in [0.717, 1.165) is 11.3 Å². The molecule has 4 heteroatoms. The number of nitrogens with zero attached hydrogens (tertiary/aromatic N) is 1. The topological polar surface area (TPSA) is 56.8 Å². The molecule has 0 saturated carbocycles. The van der Waals surface area contributed by atoms with Gasteiger partial charge in [0.2, 0.25) is 0 Å². The molecule has 1 aromatic rings. The Kier molecular flexibility index (Phi) is 4.47. The average Bonchev–Trinajstić information content (AvgIpc) is 2.27. The largest absolute Gasteiger partial charge is 0.494 e. The van der Waals surface area contributed by atoms with Crippen LogP contribution >= 0.6 is 0 Å². The van der Waals surface area contributed by atoms with Crippen LogP contribution in [0.25, 0.3) is 0 Å². The highest BCUT2D eigenvalue weighted by molar-refractivity contribution is 5.97. The third-order valence-electron chi connectivity index (χ3n) is 1.73. The van der Waals surface area contributed by atoms with E-state index in [4.69, 9.17) is 15.3 Å². The molecule has 0 aliphatic rings. The van der Waals surface area contributed by atoms with Crippen LogP contribution in [0.5, 0.6) is 5.75 Å². The number of rotatable bonds is 5. The zero-order valence-electron chi connectivity index (χ0n) is 9.06. The minimum atomic E-state index is 0.360. The van der Waals surface area contributed by atoms with Gasteiger partial charge in [-0.25, -0.2) is 0 Å². The third kappa shape index (κ3) is 3.50. The van der Waals surface area contributed by atoms with Crippen LogP contribution in [0.4, 0.5) is 0 Å². The standard InChI is InChI=1S/C11H16N2O2/c1-3-14-10-7-5-6-9(8-10)11(12)13-15-4-2/h5-8H,3-4H2,1-2H3,(H2,12,13). The molecule has 0 amide bonds. The van der Waals surface area contributed by atoms with Crippen LogP contribution in [0.3, 0.4) is 0 Å². The number of amidine groups is 1. The normalized spacial score (nSPS) is 11.2. The summed E-state index contributed by atoms with van der Waals surface area (Å²) >= 11 is 0. The van der Waals surface area contributed by atoms with Crippen molar-refractivity contribution in [3.05, 3.63) is 29.8 Å². The molecule has 0 aromatic heterocycles. The van der Waals surface area contributed by atoms with Gasteiger partial charge in [0.1, 0.15) is 12.4 Å². The second-order valence-electron chi connectivity index (χ2n) is 2.86. The lowest BCUT2D eigenvalue weighted by molar-refractivity contribution is 0.158. The van der Waals surface area contributed by atoms with Crippen LogP contribution in [0.15, 0.2) is 29.4 Å². The zero-order chi connectivity index (χ0) is 11.1. The minimum absolute atomic E-state index is 0.360. The van der Waals surface area contributed by atoms with Crippen LogP contribution in [0.1, 0.15) is 19.4 Å². The predicted molar refractivity (Wildman–Crippen MR) is 60.0 cm³/mol. The second kappa shape index (κ2) is 5.90. The first-order chi connectivity index (χ1) is 7.27. The maximum Gasteiger partial charge on any atom is 0.170 e.